The Morgan fingerprint density at radius 2 is 1.96 bits per heavy atom. The molecule has 2 aromatic carbocycles. The van der Waals surface area contributed by atoms with Gasteiger partial charge in [-0.1, -0.05) is 18.2 Å². The molecular formula is C19H23N3O2. The lowest BCUT2D eigenvalue weighted by Gasteiger charge is -2.11. The van der Waals surface area contributed by atoms with Crippen molar-refractivity contribution >= 4 is 11.0 Å². The first-order valence-electron chi connectivity index (χ1n) is 8.15. The molecule has 0 aliphatic carbocycles. The van der Waals surface area contributed by atoms with Gasteiger partial charge in [0.2, 0.25) is 0 Å². The van der Waals surface area contributed by atoms with Crippen LogP contribution in [-0.2, 0) is 13.0 Å². The summed E-state index contributed by atoms with van der Waals surface area (Å²) in [6.45, 7) is 1.69. The molecule has 0 amide bonds. The Morgan fingerprint density at radius 1 is 1.08 bits per heavy atom. The Balaban J connectivity index is 1.47. The Hall–Kier alpha value is -2.53. The SMILES string of the molecule is COc1ccc(CNCCCc2nc3ccccc3[nH]2)c(OC)c1. The van der Waals surface area contributed by atoms with E-state index in [4.69, 9.17) is 9.47 Å². The number of ether oxygens (including phenoxy) is 2. The van der Waals surface area contributed by atoms with Crippen LogP contribution in [0, 0.1) is 0 Å². The second-order valence-corrected chi connectivity index (χ2v) is 5.66. The molecule has 3 aromatic rings. The predicted molar refractivity (Wildman–Crippen MR) is 95.7 cm³/mol. The number of aromatic nitrogens is 2. The summed E-state index contributed by atoms with van der Waals surface area (Å²) in [5.41, 5.74) is 3.26. The van der Waals surface area contributed by atoms with Crippen LogP contribution in [0.2, 0.25) is 0 Å². The van der Waals surface area contributed by atoms with Crippen molar-refractivity contribution in [2.45, 2.75) is 19.4 Å². The highest BCUT2D eigenvalue weighted by molar-refractivity contribution is 5.74. The Morgan fingerprint density at radius 3 is 2.75 bits per heavy atom. The molecule has 0 fully saturated rings. The number of nitrogens with zero attached hydrogens (tertiary/aromatic N) is 1. The van der Waals surface area contributed by atoms with E-state index in [-0.39, 0.29) is 0 Å². The van der Waals surface area contributed by atoms with Crippen molar-refractivity contribution in [2.75, 3.05) is 20.8 Å². The van der Waals surface area contributed by atoms with Gasteiger partial charge in [-0.05, 0) is 31.2 Å². The lowest BCUT2D eigenvalue weighted by Crippen LogP contribution is -2.16. The summed E-state index contributed by atoms with van der Waals surface area (Å²) in [6.07, 6.45) is 1.96. The minimum Gasteiger partial charge on any atom is -0.497 e. The van der Waals surface area contributed by atoms with Gasteiger partial charge in [0, 0.05) is 24.6 Å². The van der Waals surface area contributed by atoms with Crippen LogP contribution >= 0.6 is 0 Å². The minimum atomic E-state index is 0.771. The highest BCUT2D eigenvalue weighted by Gasteiger charge is 2.05. The van der Waals surface area contributed by atoms with E-state index in [0.29, 0.717) is 0 Å². The molecule has 5 heteroatoms. The first-order chi connectivity index (χ1) is 11.8. The van der Waals surface area contributed by atoms with Crippen molar-refractivity contribution < 1.29 is 9.47 Å². The van der Waals surface area contributed by atoms with Crippen molar-refractivity contribution in [3.63, 3.8) is 0 Å². The number of H-pyrrole nitrogens is 1. The zero-order valence-corrected chi connectivity index (χ0v) is 14.1. The Bertz CT molecular complexity index is 765. The standard InChI is InChI=1S/C19H23N3O2/c1-23-15-10-9-14(18(12-15)24-2)13-20-11-5-8-19-21-16-6-3-4-7-17(16)22-19/h3-4,6-7,9-10,12,20H,5,8,11,13H2,1-2H3,(H,21,22). The number of aryl methyl sites for hydroxylation is 1. The fourth-order valence-electron chi connectivity index (χ4n) is 2.73. The smallest absolute Gasteiger partial charge is 0.127 e. The molecule has 0 saturated heterocycles. The fourth-order valence-corrected chi connectivity index (χ4v) is 2.73. The van der Waals surface area contributed by atoms with Gasteiger partial charge in [0.05, 0.1) is 25.3 Å². The minimum absolute atomic E-state index is 0.771. The summed E-state index contributed by atoms with van der Waals surface area (Å²) in [7, 11) is 3.34. The van der Waals surface area contributed by atoms with Gasteiger partial charge in [0.15, 0.2) is 0 Å². The number of fused-ring (bicyclic) bond motifs is 1. The average molecular weight is 325 g/mol. The molecule has 0 saturated carbocycles. The first kappa shape index (κ1) is 16.3. The summed E-state index contributed by atoms with van der Waals surface area (Å²) < 4.78 is 10.6. The zero-order valence-electron chi connectivity index (χ0n) is 14.1. The van der Waals surface area contributed by atoms with Gasteiger partial charge in [-0.25, -0.2) is 4.98 Å². The number of nitrogens with one attached hydrogen (secondary N) is 2. The van der Waals surface area contributed by atoms with E-state index in [1.165, 1.54) is 0 Å². The van der Waals surface area contributed by atoms with Crippen LogP contribution in [0.15, 0.2) is 42.5 Å². The summed E-state index contributed by atoms with van der Waals surface area (Å²) in [5, 5.41) is 3.46. The number of rotatable bonds is 8. The van der Waals surface area contributed by atoms with Gasteiger partial charge >= 0.3 is 0 Å². The third kappa shape index (κ3) is 3.86. The van der Waals surface area contributed by atoms with Crippen LogP contribution in [-0.4, -0.2) is 30.7 Å². The molecule has 1 aromatic heterocycles. The molecular weight excluding hydrogens is 302 g/mol. The maximum absolute atomic E-state index is 5.41. The van der Waals surface area contributed by atoms with Crippen LogP contribution < -0.4 is 14.8 Å². The molecule has 24 heavy (non-hydrogen) atoms. The Kier molecular flexibility index (Phi) is 5.33. The molecule has 0 aliphatic heterocycles. The van der Waals surface area contributed by atoms with E-state index in [1.54, 1.807) is 14.2 Å². The largest absolute Gasteiger partial charge is 0.497 e. The van der Waals surface area contributed by atoms with Crippen molar-refractivity contribution in [3.8, 4) is 11.5 Å². The molecule has 1 heterocycles. The van der Waals surface area contributed by atoms with E-state index in [1.807, 2.05) is 36.4 Å². The van der Waals surface area contributed by atoms with E-state index in [0.717, 1.165) is 59.9 Å². The fraction of sp³-hybridized carbons (Fsp3) is 0.316. The summed E-state index contributed by atoms with van der Waals surface area (Å²) in [4.78, 5) is 7.96. The summed E-state index contributed by atoms with van der Waals surface area (Å²) in [5.74, 6) is 2.69. The number of aromatic amines is 1. The summed E-state index contributed by atoms with van der Waals surface area (Å²) in [6, 6.07) is 14.0. The lowest BCUT2D eigenvalue weighted by atomic mass is 10.2. The van der Waals surface area contributed by atoms with Gasteiger partial charge in [0.1, 0.15) is 17.3 Å². The third-order valence-electron chi connectivity index (χ3n) is 4.02. The molecule has 0 unspecified atom stereocenters. The van der Waals surface area contributed by atoms with E-state index in [9.17, 15) is 0 Å². The van der Waals surface area contributed by atoms with Crippen molar-refractivity contribution in [3.05, 3.63) is 53.9 Å². The van der Waals surface area contributed by atoms with Crippen molar-refractivity contribution in [1.82, 2.24) is 15.3 Å². The number of hydrogen-bond donors (Lipinski definition) is 2. The van der Waals surface area contributed by atoms with E-state index >= 15 is 0 Å². The van der Waals surface area contributed by atoms with Gasteiger partial charge in [-0.15, -0.1) is 0 Å². The second kappa shape index (κ2) is 7.84. The normalized spacial score (nSPS) is 10.9. The molecule has 5 nitrogen and oxygen atoms in total. The van der Waals surface area contributed by atoms with Crippen LogP contribution in [0.1, 0.15) is 17.8 Å². The molecule has 0 atom stereocenters. The maximum atomic E-state index is 5.41. The highest BCUT2D eigenvalue weighted by Crippen LogP contribution is 2.24. The summed E-state index contributed by atoms with van der Waals surface area (Å²) >= 11 is 0. The van der Waals surface area contributed by atoms with Crippen LogP contribution in [0.25, 0.3) is 11.0 Å². The lowest BCUT2D eigenvalue weighted by molar-refractivity contribution is 0.390. The van der Waals surface area contributed by atoms with Crippen LogP contribution in [0.3, 0.4) is 0 Å². The van der Waals surface area contributed by atoms with Crippen molar-refractivity contribution in [2.24, 2.45) is 0 Å². The maximum Gasteiger partial charge on any atom is 0.127 e. The van der Waals surface area contributed by atoms with E-state index in [2.05, 4.69) is 21.4 Å². The van der Waals surface area contributed by atoms with Crippen molar-refractivity contribution in [1.29, 1.82) is 0 Å². The zero-order chi connectivity index (χ0) is 16.8. The number of benzene rings is 2. The molecule has 0 spiro atoms. The highest BCUT2D eigenvalue weighted by atomic mass is 16.5. The molecule has 126 valence electrons. The number of methoxy groups -OCH3 is 2. The number of imidazole rings is 1. The van der Waals surface area contributed by atoms with Gasteiger partial charge in [-0.2, -0.15) is 0 Å². The topological polar surface area (TPSA) is 59.2 Å². The molecule has 0 radical (unpaired) electrons. The monoisotopic (exact) mass is 325 g/mol. The first-order valence-corrected chi connectivity index (χ1v) is 8.15. The molecule has 3 rings (SSSR count). The van der Waals surface area contributed by atoms with Gasteiger partial charge in [-0.3, -0.25) is 0 Å². The molecule has 0 aliphatic rings. The number of hydrogen-bond acceptors (Lipinski definition) is 4. The molecule has 2 N–H and O–H groups in total. The van der Waals surface area contributed by atoms with E-state index < -0.39 is 0 Å². The van der Waals surface area contributed by atoms with Crippen LogP contribution in [0.5, 0.6) is 11.5 Å². The van der Waals surface area contributed by atoms with Gasteiger partial charge in [0.25, 0.3) is 0 Å². The Labute approximate surface area is 142 Å². The average Bonchev–Trinajstić information content (AvgIpc) is 3.04. The third-order valence-corrected chi connectivity index (χ3v) is 4.02. The number of para-hydroxylation sites is 2. The quantitative estimate of drug-likeness (QED) is 0.624. The predicted octanol–water partition coefficient (Wildman–Crippen LogP) is 3.30. The molecule has 0 bridgehead atoms. The van der Waals surface area contributed by atoms with Crippen LogP contribution in [0.4, 0.5) is 0 Å². The van der Waals surface area contributed by atoms with Gasteiger partial charge < -0.3 is 19.8 Å². The second-order valence-electron chi connectivity index (χ2n) is 5.66.